The highest BCUT2D eigenvalue weighted by Gasteiger charge is 2.18. The largest absolute Gasteiger partial charge is 0.322 e. The molecule has 33 heavy (non-hydrogen) atoms. The molecule has 0 saturated heterocycles. The number of benzene rings is 4. The van der Waals surface area contributed by atoms with Crippen LogP contribution < -0.4 is 5.32 Å². The number of thiazole rings is 1. The van der Waals surface area contributed by atoms with Gasteiger partial charge in [0.2, 0.25) is 0 Å². The van der Waals surface area contributed by atoms with Crippen molar-refractivity contribution in [3.8, 4) is 0 Å². The van der Waals surface area contributed by atoms with E-state index in [2.05, 4.69) is 53.8 Å². The molecule has 0 fully saturated rings. The Balaban J connectivity index is 1.40. The maximum absolute atomic E-state index is 12.6. The van der Waals surface area contributed by atoms with E-state index >= 15 is 0 Å². The number of thioether (sulfide) groups is 1. The van der Waals surface area contributed by atoms with Gasteiger partial charge < -0.3 is 5.32 Å². The van der Waals surface area contributed by atoms with E-state index in [4.69, 9.17) is 4.98 Å². The molecule has 1 N–H and O–H groups in total. The Bertz CT molecular complexity index is 1360. The third kappa shape index (κ3) is 5.00. The first-order valence-corrected chi connectivity index (χ1v) is 12.4. The van der Waals surface area contributed by atoms with Gasteiger partial charge in [-0.15, -0.1) is 11.3 Å². The van der Waals surface area contributed by atoms with Gasteiger partial charge in [-0.2, -0.15) is 0 Å². The molecule has 1 amide bonds. The molecule has 0 saturated carbocycles. The van der Waals surface area contributed by atoms with Crippen molar-refractivity contribution in [1.29, 1.82) is 0 Å². The second-order valence-corrected chi connectivity index (χ2v) is 10.2. The van der Waals surface area contributed by atoms with E-state index in [1.807, 2.05) is 61.5 Å². The quantitative estimate of drug-likeness (QED) is 0.260. The molecule has 4 aromatic carbocycles. The Hall–Kier alpha value is -3.41. The van der Waals surface area contributed by atoms with Gasteiger partial charge in [-0.1, -0.05) is 90.1 Å². The number of anilines is 1. The lowest BCUT2D eigenvalue weighted by molar-refractivity contribution is 0.102. The highest BCUT2D eigenvalue weighted by atomic mass is 32.2. The lowest BCUT2D eigenvalue weighted by Gasteiger charge is -2.16. The molecule has 3 nitrogen and oxygen atoms in total. The van der Waals surface area contributed by atoms with Crippen molar-refractivity contribution in [3.63, 3.8) is 0 Å². The number of nitrogens with one attached hydrogen (secondary N) is 1. The van der Waals surface area contributed by atoms with Crippen LogP contribution in [0, 0.1) is 6.92 Å². The fraction of sp³-hybridized carbons (Fsp3) is 0.0714. The Morgan fingerprint density at radius 1 is 0.848 bits per heavy atom. The minimum atomic E-state index is -0.106. The number of rotatable bonds is 6. The van der Waals surface area contributed by atoms with Crippen LogP contribution in [0.15, 0.2) is 107 Å². The van der Waals surface area contributed by atoms with Gasteiger partial charge in [0, 0.05) is 11.3 Å². The molecular formula is C28H22N2OS2. The molecule has 5 aromatic rings. The molecule has 162 valence electrons. The number of fused-ring (bicyclic) bond motifs is 1. The van der Waals surface area contributed by atoms with Crippen LogP contribution in [0.2, 0.25) is 0 Å². The van der Waals surface area contributed by atoms with Crippen molar-refractivity contribution >= 4 is 44.9 Å². The van der Waals surface area contributed by atoms with Crippen LogP contribution in [0.5, 0.6) is 0 Å². The van der Waals surface area contributed by atoms with Gasteiger partial charge in [0.05, 0.1) is 15.5 Å². The summed E-state index contributed by atoms with van der Waals surface area (Å²) in [6.07, 6.45) is 0. The molecule has 0 bridgehead atoms. The summed E-state index contributed by atoms with van der Waals surface area (Å²) < 4.78 is 2.06. The highest BCUT2D eigenvalue weighted by molar-refractivity contribution is 8.01. The highest BCUT2D eigenvalue weighted by Crippen LogP contribution is 2.43. The zero-order valence-corrected chi connectivity index (χ0v) is 19.7. The summed E-state index contributed by atoms with van der Waals surface area (Å²) in [6.45, 7) is 1.98. The lowest BCUT2D eigenvalue weighted by atomic mass is 10.0. The van der Waals surface area contributed by atoms with E-state index in [9.17, 15) is 4.79 Å². The van der Waals surface area contributed by atoms with E-state index in [0.717, 1.165) is 25.8 Å². The minimum absolute atomic E-state index is 0.106. The Kier molecular flexibility index (Phi) is 6.24. The van der Waals surface area contributed by atoms with Gasteiger partial charge in [0.25, 0.3) is 5.91 Å². The van der Waals surface area contributed by atoms with Crippen molar-refractivity contribution in [3.05, 3.63) is 125 Å². The smallest absolute Gasteiger partial charge is 0.255 e. The van der Waals surface area contributed by atoms with E-state index in [0.29, 0.717) is 5.56 Å². The van der Waals surface area contributed by atoms with E-state index in [-0.39, 0.29) is 11.2 Å². The maximum Gasteiger partial charge on any atom is 0.255 e. The Morgan fingerprint density at radius 3 is 2.21 bits per heavy atom. The Morgan fingerprint density at radius 2 is 1.55 bits per heavy atom. The average Bonchev–Trinajstić information content (AvgIpc) is 3.25. The molecule has 5 heteroatoms. The Labute approximate surface area is 201 Å². The lowest BCUT2D eigenvalue weighted by Crippen LogP contribution is -2.11. The first kappa shape index (κ1) is 21.4. The van der Waals surface area contributed by atoms with E-state index < -0.39 is 0 Å². The molecule has 5 rings (SSSR count). The van der Waals surface area contributed by atoms with Crippen LogP contribution in [0.25, 0.3) is 10.2 Å². The molecule has 1 aromatic heterocycles. The first-order valence-electron chi connectivity index (χ1n) is 10.7. The van der Waals surface area contributed by atoms with Crippen molar-refractivity contribution in [2.75, 3.05) is 5.32 Å². The van der Waals surface area contributed by atoms with Gasteiger partial charge in [-0.05, 0) is 48.4 Å². The maximum atomic E-state index is 12.6. The van der Waals surface area contributed by atoms with Crippen molar-refractivity contribution in [2.45, 2.75) is 16.5 Å². The number of amides is 1. The van der Waals surface area contributed by atoms with Crippen LogP contribution in [0.1, 0.15) is 32.3 Å². The normalized spacial score (nSPS) is 11.1. The summed E-state index contributed by atoms with van der Waals surface area (Å²) >= 11 is 3.41. The molecular weight excluding hydrogens is 444 g/mol. The SMILES string of the molecule is Cc1cccc(C(=O)Nc2ccc3nc(SC(c4ccccc4)c4ccccc4)sc3c2)c1. The van der Waals surface area contributed by atoms with Gasteiger partial charge in [-0.3, -0.25) is 4.79 Å². The zero-order valence-electron chi connectivity index (χ0n) is 18.1. The predicted molar refractivity (Wildman–Crippen MR) is 139 cm³/mol. The second-order valence-electron chi connectivity index (χ2n) is 7.81. The van der Waals surface area contributed by atoms with Crippen LogP contribution >= 0.6 is 23.1 Å². The average molecular weight is 467 g/mol. The third-order valence-electron chi connectivity index (χ3n) is 5.33. The van der Waals surface area contributed by atoms with Crippen LogP contribution in [-0.4, -0.2) is 10.9 Å². The molecule has 0 aliphatic carbocycles. The fourth-order valence-electron chi connectivity index (χ4n) is 3.71. The molecule has 0 aliphatic heterocycles. The summed E-state index contributed by atoms with van der Waals surface area (Å²) in [5.74, 6) is -0.106. The van der Waals surface area contributed by atoms with Crippen LogP contribution in [-0.2, 0) is 0 Å². The fourth-order valence-corrected chi connectivity index (χ4v) is 6.13. The van der Waals surface area contributed by atoms with E-state index in [1.54, 1.807) is 23.1 Å². The van der Waals surface area contributed by atoms with Gasteiger partial charge in [0.15, 0.2) is 4.34 Å². The van der Waals surface area contributed by atoms with Crippen LogP contribution in [0.3, 0.4) is 0 Å². The molecule has 0 spiro atoms. The number of hydrogen-bond donors (Lipinski definition) is 1. The number of carbonyl (C=O) groups excluding carboxylic acids is 1. The molecule has 1 heterocycles. The van der Waals surface area contributed by atoms with Gasteiger partial charge in [0.1, 0.15) is 0 Å². The summed E-state index contributed by atoms with van der Waals surface area (Å²) in [6, 6.07) is 34.5. The van der Waals surface area contributed by atoms with E-state index in [1.165, 1.54) is 11.1 Å². The number of carbonyl (C=O) groups is 1. The second kappa shape index (κ2) is 9.61. The third-order valence-corrected chi connectivity index (χ3v) is 7.75. The topological polar surface area (TPSA) is 42.0 Å². The number of aryl methyl sites for hydroxylation is 1. The molecule has 0 aliphatic rings. The molecule has 0 atom stereocenters. The van der Waals surface area contributed by atoms with Gasteiger partial charge in [-0.25, -0.2) is 4.98 Å². The number of aromatic nitrogens is 1. The van der Waals surface area contributed by atoms with Gasteiger partial charge >= 0.3 is 0 Å². The summed E-state index contributed by atoms with van der Waals surface area (Å²) in [5, 5.41) is 3.17. The van der Waals surface area contributed by atoms with Crippen molar-refractivity contribution in [1.82, 2.24) is 4.98 Å². The minimum Gasteiger partial charge on any atom is -0.322 e. The molecule has 0 unspecified atom stereocenters. The first-order chi connectivity index (χ1) is 16.2. The zero-order chi connectivity index (χ0) is 22.6. The van der Waals surface area contributed by atoms with Crippen molar-refractivity contribution < 1.29 is 4.79 Å². The summed E-state index contributed by atoms with van der Waals surface area (Å²) in [5.41, 5.74) is 5.93. The van der Waals surface area contributed by atoms with Crippen molar-refractivity contribution in [2.24, 2.45) is 0 Å². The number of nitrogens with zero attached hydrogens (tertiary/aromatic N) is 1. The standard InChI is InChI=1S/C28H22N2OS2/c1-19-9-8-14-22(17-19)27(31)29-23-15-16-24-25(18-23)32-28(30-24)33-26(20-10-4-2-5-11-20)21-12-6-3-7-13-21/h2-18,26H,1H3,(H,29,31). The summed E-state index contributed by atoms with van der Waals surface area (Å²) in [7, 11) is 0. The monoisotopic (exact) mass is 466 g/mol. The number of hydrogen-bond acceptors (Lipinski definition) is 4. The van der Waals surface area contributed by atoms with Crippen LogP contribution in [0.4, 0.5) is 5.69 Å². The summed E-state index contributed by atoms with van der Waals surface area (Å²) in [4.78, 5) is 17.5. The molecule has 0 radical (unpaired) electrons. The predicted octanol–water partition coefficient (Wildman–Crippen LogP) is 7.74.